The van der Waals surface area contributed by atoms with E-state index in [1.54, 1.807) is 24.5 Å². The molecule has 6 heteroatoms. The summed E-state index contributed by atoms with van der Waals surface area (Å²) in [5, 5.41) is 2.29. The minimum atomic E-state index is -0.173. The van der Waals surface area contributed by atoms with Gasteiger partial charge in [-0.25, -0.2) is 4.39 Å². The Labute approximate surface area is 255 Å². The van der Waals surface area contributed by atoms with Gasteiger partial charge in [0.15, 0.2) is 0 Å². The molecule has 0 N–H and O–H groups in total. The van der Waals surface area contributed by atoms with Gasteiger partial charge in [-0.1, -0.05) is 24.3 Å². The van der Waals surface area contributed by atoms with Crippen molar-refractivity contribution in [2.75, 3.05) is 13.7 Å². The van der Waals surface area contributed by atoms with Crippen LogP contribution < -0.4 is 4.74 Å². The molecule has 4 nitrogen and oxygen atoms in total. The predicted octanol–water partition coefficient (Wildman–Crippen LogP) is 8.84. The van der Waals surface area contributed by atoms with Gasteiger partial charge in [0.1, 0.15) is 11.6 Å². The molecule has 0 bridgehead atoms. The first-order valence-electron chi connectivity index (χ1n) is 15.7. The monoisotopic (exact) mass is 590 g/mol. The van der Waals surface area contributed by atoms with Crippen LogP contribution >= 0.6 is 11.3 Å². The fourth-order valence-corrected chi connectivity index (χ4v) is 9.81. The number of aromatic nitrogens is 1. The molecule has 4 aliphatic rings. The van der Waals surface area contributed by atoms with Gasteiger partial charge in [-0.05, 0) is 116 Å². The topological polar surface area (TPSA) is 34.5 Å². The molecule has 4 fully saturated rings. The normalized spacial score (nSPS) is 23.9. The van der Waals surface area contributed by atoms with Crippen molar-refractivity contribution in [1.82, 2.24) is 9.47 Å². The highest BCUT2D eigenvalue weighted by Crippen LogP contribution is 2.61. The smallest absolute Gasteiger partial charge is 0.254 e. The molecule has 0 radical (unpaired) electrons. The van der Waals surface area contributed by atoms with Crippen molar-refractivity contribution in [2.45, 2.75) is 52.1 Å². The number of thiophene rings is 1. The van der Waals surface area contributed by atoms with Crippen LogP contribution in [0.25, 0.3) is 42.7 Å². The lowest BCUT2D eigenvalue weighted by atomic mass is 9.53. The Morgan fingerprint density at radius 3 is 2.65 bits per heavy atom. The molecule has 1 aliphatic heterocycles. The number of benzene rings is 3. The van der Waals surface area contributed by atoms with E-state index in [0.717, 1.165) is 57.5 Å². The van der Waals surface area contributed by atoms with Gasteiger partial charge in [0.05, 0.1) is 17.7 Å². The second-order valence-electron chi connectivity index (χ2n) is 13.5. The highest BCUT2D eigenvalue weighted by molar-refractivity contribution is 7.22. The molecule has 218 valence electrons. The SMILES string of the molecule is COc1cc(C(=O)N2CC3CC4CC2[C@H]43)cc2sc(-c3cc4ccc(-c5cccc(F)c5C)cc4n3CC3CC3)c(C)c12. The van der Waals surface area contributed by atoms with Gasteiger partial charge in [-0.15, -0.1) is 11.3 Å². The first-order valence-corrected chi connectivity index (χ1v) is 16.5. The maximum Gasteiger partial charge on any atom is 0.254 e. The van der Waals surface area contributed by atoms with Crippen LogP contribution in [0.15, 0.2) is 54.6 Å². The Bertz CT molecular complexity index is 1980. The summed E-state index contributed by atoms with van der Waals surface area (Å²) in [6.45, 7) is 5.93. The van der Waals surface area contributed by atoms with Crippen LogP contribution in [0, 0.1) is 43.3 Å². The van der Waals surface area contributed by atoms with Crippen LogP contribution in [0.1, 0.15) is 47.2 Å². The third kappa shape index (κ3) is 3.75. The van der Waals surface area contributed by atoms with Crippen molar-refractivity contribution < 1.29 is 13.9 Å². The van der Waals surface area contributed by atoms with E-state index in [0.29, 0.717) is 23.4 Å². The average Bonchev–Trinajstić information content (AvgIpc) is 3.67. The lowest BCUT2D eigenvalue weighted by molar-refractivity contribution is -0.0204. The molecule has 5 aromatic rings. The molecule has 9 rings (SSSR count). The van der Waals surface area contributed by atoms with Gasteiger partial charge in [0, 0.05) is 45.7 Å². The van der Waals surface area contributed by atoms with E-state index in [9.17, 15) is 9.18 Å². The minimum Gasteiger partial charge on any atom is -0.496 e. The van der Waals surface area contributed by atoms with E-state index in [4.69, 9.17) is 4.74 Å². The molecule has 3 heterocycles. The average molecular weight is 591 g/mol. The molecule has 0 spiro atoms. The van der Waals surface area contributed by atoms with Crippen molar-refractivity contribution in [2.24, 2.45) is 23.7 Å². The van der Waals surface area contributed by atoms with Crippen molar-refractivity contribution in [3.05, 3.63) is 77.1 Å². The van der Waals surface area contributed by atoms with Gasteiger partial charge in [0.2, 0.25) is 0 Å². The largest absolute Gasteiger partial charge is 0.496 e. The summed E-state index contributed by atoms with van der Waals surface area (Å²) >= 11 is 1.77. The zero-order chi connectivity index (χ0) is 29.1. The van der Waals surface area contributed by atoms with Crippen LogP contribution in [-0.2, 0) is 6.54 Å². The van der Waals surface area contributed by atoms with Crippen LogP contribution in [-0.4, -0.2) is 35.1 Å². The summed E-state index contributed by atoms with van der Waals surface area (Å²) in [5.74, 6) is 3.79. The number of methoxy groups -OCH3 is 1. The quantitative estimate of drug-likeness (QED) is 0.198. The van der Waals surface area contributed by atoms with Crippen LogP contribution in [0.3, 0.4) is 0 Å². The molecule has 1 amide bonds. The Kier molecular flexibility index (Phi) is 5.51. The number of rotatable bonds is 6. The van der Waals surface area contributed by atoms with Gasteiger partial charge in [-0.2, -0.15) is 0 Å². The van der Waals surface area contributed by atoms with E-state index in [1.807, 2.05) is 19.1 Å². The Hall–Kier alpha value is -3.64. The van der Waals surface area contributed by atoms with Crippen LogP contribution in [0.2, 0.25) is 0 Å². The van der Waals surface area contributed by atoms with Gasteiger partial charge in [-0.3, -0.25) is 4.79 Å². The Morgan fingerprint density at radius 2 is 1.88 bits per heavy atom. The van der Waals surface area contributed by atoms with E-state index < -0.39 is 0 Å². The number of aryl methyl sites for hydroxylation is 1. The number of amides is 1. The molecular formula is C37H35FN2O2S. The maximum absolute atomic E-state index is 14.5. The fourth-order valence-electron chi connectivity index (χ4n) is 8.52. The third-order valence-corrected chi connectivity index (χ3v) is 12.4. The standard InChI is InChI=1S/C37H35FN2O2S/c1-19-27(5-4-6-28(19)38)22-9-10-23-13-31(39(29(23)12-22)17-21-7-8-21)36-20(2)34-32(42-3)15-25(16-33(34)43-36)37(41)40-18-26-11-24-14-30(40)35(24)26/h4-6,9-10,12-13,15-16,21,24,26,30,35H,7-8,11,14,17-18H2,1-3H3/t24?,26?,30?,35-/m1/s1. The summed E-state index contributed by atoms with van der Waals surface area (Å²) in [6.07, 6.45) is 5.00. The Morgan fingerprint density at radius 1 is 1.02 bits per heavy atom. The summed E-state index contributed by atoms with van der Waals surface area (Å²) in [5.41, 5.74) is 6.99. The number of hydrogen-bond donors (Lipinski definition) is 0. The molecule has 43 heavy (non-hydrogen) atoms. The van der Waals surface area contributed by atoms with Crippen molar-refractivity contribution in [1.29, 1.82) is 0 Å². The van der Waals surface area contributed by atoms with Crippen molar-refractivity contribution >= 4 is 38.2 Å². The molecule has 3 unspecified atom stereocenters. The molecule has 4 atom stereocenters. The number of likely N-dealkylation sites (tertiary alicyclic amines) is 1. The lowest BCUT2D eigenvalue weighted by Crippen LogP contribution is -2.53. The number of ether oxygens (including phenoxy) is 1. The first kappa shape index (κ1) is 25.8. The molecule has 2 aromatic heterocycles. The van der Waals surface area contributed by atoms with Gasteiger partial charge >= 0.3 is 0 Å². The second kappa shape index (κ2) is 9.18. The summed E-state index contributed by atoms with van der Waals surface area (Å²) in [6, 6.07) is 18.7. The summed E-state index contributed by atoms with van der Waals surface area (Å²) in [7, 11) is 1.71. The molecular weight excluding hydrogens is 555 g/mol. The summed E-state index contributed by atoms with van der Waals surface area (Å²) < 4.78 is 24.0. The van der Waals surface area contributed by atoms with Crippen LogP contribution in [0.5, 0.6) is 5.75 Å². The highest BCUT2D eigenvalue weighted by Gasteiger charge is 2.61. The fraction of sp³-hybridized carbons (Fsp3) is 0.378. The molecule has 1 saturated heterocycles. The van der Waals surface area contributed by atoms with E-state index in [2.05, 4.69) is 46.7 Å². The number of fused-ring (bicyclic) bond motifs is 2. The van der Waals surface area contributed by atoms with E-state index in [-0.39, 0.29) is 11.7 Å². The van der Waals surface area contributed by atoms with E-state index in [1.165, 1.54) is 58.8 Å². The first-order chi connectivity index (χ1) is 20.9. The van der Waals surface area contributed by atoms with E-state index >= 15 is 0 Å². The zero-order valence-electron chi connectivity index (χ0n) is 24.8. The predicted molar refractivity (Wildman–Crippen MR) is 171 cm³/mol. The van der Waals surface area contributed by atoms with Gasteiger partial charge in [0.25, 0.3) is 5.91 Å². The number of carbonyl (C=O) groups excluding carboxylic acids is 1. The highest BCUT2D eigenvalue weighted by atomic mass is 32.1. The lowest BCUT2D eigenvalue weighted by Gasteiger charge is -2.52. The third-order valence-electron chi connectivity index (χ3n) is 11.1. The van der Waals surface area contributed by atoms with Crippen LogP contribution in [0.4, 0.5) is 4.39 Å². The maximum atomic E-state index is 14.5. The number of nitrogens with zero attached hydrogens (tertiary/aromatic N) is 2. The number of hydrogen-bond acceptors (Lipinski definition) is 3. The molecule has 3 saturated carbocycles. The summed E-state index contributed by atoms with van der Waals surface area (Å²) in [4.78, 5) is 17.2. The second-order valence-corrected chi connectivity index (χ2v) is 14.5. The zero-order valence-corrected chi connectivity index (χ0v) is 25.6. The minimum absolute atomic E-state index is 0.161. The number of carbonyl (C=O) groups is 1. The van der Waals surface area contributed by atoms with Crippen molar-refractivity contribution in [3.8, 4) is 27.4 Å². The molecule has 3 aliphatic carbocycles. The van der Waals surface area contributed by atoms with Gasteiger partial charge < -0.3 is 14.2 Å². The molecule has 3 aromatic carbocycles. The number of halogens is 1. The van der Waals surface area contributed by atoms with Crippen molar-refractivity contribution in [3.63, 3.8) is 0 Å². The Balaban J connectivity index is 1.16.